The van der Waals surface area contributed by atoms with Crippen LogP contribution >= 0.6 is 0 Å². The highest BCUT2D eigenvalue weighted by molar-refractivity contribution is 6.05. The zero-order chi connectivity index (χ0) is 15.0. The van der Waals surface area contributed by atoms with Crippen LogP contribution in [0.4, 0.5) is 0 Å². The highest BCUT2D eigenvalue weighted by atomic mass is 16.5. The molecule has 5 heteroatoms. The molecule has 1 aliphatic heterocycles. The maximum absolute atomic E-state index is 12.3. The lowest BCUT2D eigenvalue weighted by Crippen LogP contribution is -2.37. The van der Waals surface area contributed by atoms with Crippen LogP contribution in [-0.4, -0.2) is 42.0 Å². The van der Waals surface area contributed by atoms with Crippen molar-refractivity contribution in [3.63, 3.8) is 0 Å². The zero-order valence-corrected chi connectivity index (χ0v) is 12.8. The molecule has 2 aliphatic carbocycles. The molecular formula is C16H26N2O3. The van der Waals surface area contributed by atoms with Gasteiger partial charge in [-0.05, 0) is 44.4 Å². The number of hydrogen-bond donors (Lipinski definition) is 1. The lowest BCUT2D eigenvalue weighted by molar-refractivity contribution is -0.141. The molecule has 0 aromatic heterocycles. The van der Waals surface area contributed by atoms with E-state index in [2.05, 4.69) is 6.92 Å². The van der Waals surface area contributed by atoms with E-state index in [1.807, 2.05) is 0 Å². The van der Waals surface area contributed by atoms with E-state index in [1.165, 1.54) is 4.90 Å². The Morgan fingerprint density at radius 3 is 2.24 bits per heavy atom. The molecule has 1 heterocycles. The van der Waals surface area contributed by atoms with Crippen molar-refractivity contribution in [3.05, 3.63) is 0 Å². The van der Waals surface area contributed by atoms with Crippen LogP contribution in [0.3, 0.4) is 0 Å². The van der Waals surface area contributed by atoms with Gasteiger partial charge in [-0.2, -0.15) is 0 Å². The Balaban J connectivity index is 1.46. The number of amides is 2. The fourth-order valence-electron chi connectivity index (χ4n) is 4.13. The molecule has 0 spiro atoms. The second-order valence-corrected chi connectivity index (χ2v) is 7.03. The molecule has 0 bridgehead atoms. The van der Waals surface area contributed by atoms with Crippen LogP contribution in [0.15, 0.2) is 0 Å². The molecule has 0 aromatic rings. The third kappa shape index (κ3) is 2.99. The average Bonchev–Trinajstić information content (AvgIpc) is 2.94. The predicted molar refractivity (Wildman–Crippen MR) is 78.3 cm³/mol. The molecule has 2 amide bonds. The highest BCUT2D eigenvalue weighted by Gasteiger charge is 2.51. The smallest absolute Gasteiger partial charge is 0.233 e. The van der Waals surface area contributed by atoms with Gasteiger partial charge in [-0.15, -0.1) is 0 Å². The molecule has 2 N–H and O–H groups in total. The first-order valence-corrected chi connectivity index (χ1v) is 8.28. The SMILES string of the molecule is CC1CC2C(=O)N(CCOC3CCC(N)CC3)C(=O)C2C1. The number of imide groups is 1. The number of rotatable bonds is 4. The normalized spacial score (nSPS) is 39.9. The van der Waals surface area contributed by atoms with Crippen molar-refractivity contribution in [2.24, 2.45) is 23.5 Å². The Labute approximate surface area is 126 Å². The summed E-state index contributed by atoms with van der Waals surface area (Å²) in [6.07, 6.45) is 5.98. The number of likely N-dealkylation sites (tertiary alicyclic amines) is 1. The molecule has 2 atom stereocenters. The lowest BCUT2D eigenvalue weighted by Gasteiger charge is -2.27. The summed E-state index contributed by atoms with van der Waals surface area (Å²) in [6.45, 7) is 3.01. The summed E-state index contributed by atoms with van der Waals surface area (Å²) in [5.41, 5.74) is 5.87. The number of fused-ring (bicyclic) bond motifs is 1. The summed E-state index contributed by atoms with van der Waals surface area (Å²) in [6, 6.07) is 0.313. The summed E-state index contributed by atoms with van der Waals surface area (Å²) in [7, 11) is 0. The van der Waals surface area contributed by atoms with Crippen LogP contribution in [0.25, 0.3) is 0 Å². The Bertz CT molecular complexity index is 394. The maximum atomic E-state index is 12.3. The third-order valence-corrected chi connectivity index (χ3v) is 5.35. The van der Waals surface area contributed by atoms with Crippen molar-refractivity contribution in [1.82, 2.24) is 4.90 Å². The third-order valence-electron chi connectivity index (χ3n) is 5.35. The first-order chi connectivity index (χ1) is 10.1. The number of ether oxygens (including phenoxy) is 1. The van der Waals surface area contributed by atoms with Crippen molar-refractivity contribution in [2.75, 3.05) is 13.2 Å². The van der Waals surface area contributed by atoms with Gasteiger partial charge in [0.05, 0.1) is 31.1 Å². The Hall–Kier alpha value is -0.940. The van der Waals surface area contributed by atoms with Crippen molar-refractivity contribution in [3.8, 4) is 0 Å². The number of nitrogens with zero attached hydrogens (tertiary/aromatic N) is 1. The Kier molecular flexibility index (Phi) is 4.31. The van der Waals surface area contributed by atoms with Gasteiger partial charge in [-0.1, -0.05) is 6.92 Å². The molecule has 2 saturated carbocycles. The molecule has 5 nitrogen and oxygen atoms in total. The first kappa shape index (κ1) is 15.0. The average molecular weight is 294 g/mol. The molecular weight excluding hydrogens is 268 g/mol. The van der Waals surface area contributed by atoms with E-state index in [1.54, 1.807) is 0 Å². The molecule has 1 saturated heterocycles. The van der Waals surface area contributed by atoms with Gasteiger partial charge in [-0.3, -0.25) is 14.5 Å². The molecule has 118 valence electrons. The minimum Gasteiger partial charge on any atom is -0.376 e. The molecule has 3 aliphatic rings. The Morgan fingerprint density at radius 1 is 1.10 bits per heavy atom. The molecule has 3 rings (SSSR count). The fraction of sp³-hybridized carbons (Fsp3) is 0.875. The quantitative estimate of drug-likeness (QED) is 0.793. The summed E-state index contributed by atoms with van der Waals surface area (Å²) >= 11 is 0. The number of nitrogens with two attached hydrogens (primary N) is 1. The van der Waals surface area contributed by atoms with Crippen molar-refractivity contribution < 1.29 is 14.3 Å². The van der Waals surface area contributed by atoms with Gasteiger partial charge in [0.2, 0.25) is 11.8 Å². The van der Waals surface area contributed by atoms with Crippen LogP contribution in [0.5, 0.6) is 0 Å². The van der Waals surface area contributed by atoms with Gasteiger partial charge in [0.15, 0.2) is 0 Å². The number of carbonyl (C=O) groups is 2. The number of carbonyl (C=O) groups excluding carboxylic acids is 2. The summed E-state index contributed by atoms with van der Waals surface area (Å²) in [5, 5.41) is 0. The van der Waals surface area contributed by atoms with Crippen molar-refractivity contribution in [2.45, 2.75) is 57.6 Å². The van der Waals surface area contributed by atoms with Gasteiger partial charge >= 0.3 is 0 Å². The summed E-state index contributed by atoms with van der Waals surface area (Å²) < 4.78 is 5.83. The second-order valence-electron chi connectivity index (χ2n) is 7.03. The van der Waals surface area contributed by atoms with Crippen LogP contribution < -0.4 is 5.73 Å². The van der Waals surface area contributed by atoms with E-state index in [4.69, 9.17) is 10.5 Å². The first-order valence-electron chi connectivity index (χ1n) is 8.28. The summed E-state index contributed by atoms with van der Waals surface area (Å²) in [5.74, 6) is 0.449. The maximum Gasteiger partial charge on any atom is 0.233 e. The van der Waals surface area contributed by atoms with Crippen LogP contribution in [0, 0.1) is 17.8 Å². The predicted octanol–water partition coefficient (Wildman–Crippen LogP) is 1.30. The van der Waals surface area contributed by atoms with Crippen LogP contribution in [0.2, 0.25) is 0 Å². The zero-order valence-electron chi connectivity index (χ0n) is 12.8. The van der Waals surface area contributed by atoms with Gasteiger partial charge in [0.1, 0.15) is 0 Å². The molecule has 2 unspecified atom stereocenters. The van der Waals surface area contributed by atoms with Crippen LogP contribution in [-0.2, 0) is 14.3 Å². The van der Waals surface area contributed by atoms with Gasteiger partial charge < -0.3 is 10.5 Å². The second kappa shape index (κ2) is 6.05. The molecule has 0 aromatic carbocycles. The van der Waals surface area contributed by atoms with Crippen LogP contribution in [0.1, 0.15) is 45.4 Å². The monoisotopic (exact) mass is 294 g/mol. The van der Waals surface area contributed by atoms with Gasteiger partial charge in [0, 0.05) is 6.04 Å². The largest absolute Gasteiger partial charge is 0.376 e. The van der Waals surface area contributed by atoms with Crippen molar-refractivity contribution in [1.29, 1.82) is 0 Å². The molecule has 21 heavy (non-hydrogen) atoms. The fourth-order valence-corrected chi connectivity index (χ4v) is 4.13. The van der Waals surface area contributed by atoms with E-state index < -0.39 is 0 Å². The van der Waals surface area contributed by atoms with E-state index in [0.717, 1.165) is 38.5 Å². The van der Waals surface area contributed by atoms with E-state index in [0.29, 0.717) is 25.1 Å². The topological polar surface area (TPSA) is 72.6 Å². The minimum absolute atomic E-state index is 0.0311. The summed E-state index contributed by atoms with van der Waals surface area (Å²) in [4.78, 5) is 26.0. The van der Waals surface area contributed by atoms with Gasteiger partial charge in [0.25, 0.3) is 0 Å². The standard InChI is InChI=1S/C16H26N2O3/c1-10-8-13-14(9-10)16(20)18(15(13)19)6-7-21-12-4-2-11(17)3-5-12/h10-14H,2-9,17H2,1H3. The molecule has 0 radical (unpaired) electrons. The van der Waals surface area contributed by atoms with E-state index >= 15 is 0 Å². The van der Waals surface area contributed by atoms with E-state index in [-0.39, 0.29) is 29.8 Å². The Morgan fingerprint density at radius 2 is 1.67 bits per heavy atom. The minimum atomic E-state index is -0.0554. The highest BCUT2D eigenvalue weighted by Crippen LogP contribution is 2.42. The lowest BCUT2D eigenvalue weighted by atomic mass is 9.94. The number of hydrogen-bond acceptors (Lipinski definition) is 4. The van der Waals surface area contributed by atoms with E-state index in [9.17, 15) is 9.59 Å². The molecule has 3 fully saturated rings. The van der Waals surface area contributed by atoms with Crippen molar-refractivity contribution >= 4 is 11.8 Å². The van der Waals surface area contributed by atoms with Gasteiger partial charge in [-0.25, -0.2) is 0 Å².